The van der Waals surface area contributed by atoms with Crippen LogP contribution in [0, 0.1) is 17.8 Å². The molecule has 4 unspecified atom stereocenters. The zero-order chi connectivity index (χ0) is 18.0. The lowest BCUT2D eigenvalue weighted by Gasteiger charge is -2.31. The molecule has 1 aromatic rings. The second-order valence-electron chi connectivity index (χ2n) is 6.90. The predicted molar refractivity (Wildman–Crippen MR) is 95.9 cm³/mol. The number of fused-ring (bicyclic) bond motifs is 2. The zero-order valence-corrected chi connectivity index (χ0v) is 15.3. The number of benzene rings is 1. The van der Waals surface area contributed by atoms with Crippen molar-refractivity contribution < 1.29 is 18.3 Å². The maximum absolute atomic E-state index is 12.7. The highest BCUT2D eigenvalue weighted by atomic mass is 35.5. The van der Waals surface area contributed by atoms with Crippen molar-refractivity contribution in [1.82, 2.24) is 4.72 Å². The van der Waals surface area contributed by atoms with Crippen LogP contribution in [-0.4, -0.2) is 25.5 Å². The van der Waals surface area contributed by atoms with E-state index in [9.17, 15) is 13.2 Å². The molecule has 2 aliphatic rings. The van der Waals surface area contributed by atoms with Crippen molar-refractivity contribution in [2.24, 2.45) is 17.8 Å². The Morgan fingerprint density at radius 2 is 1.88 bits per heavy atom. The second-order valence-corrected chi connectivity index (χ2v) is 9.05. The van der Waals surface area contributed by atoms with Crippen LogP contribution >= 0.6 is 11.6 Å². The van der Waals surface area contributed by atoms with E-state index < -0.39 is 16.0 Å². The van der Waals surface area contributed by atoms with Crippen molar-refractivity contribution in [3.8, 4) is 0 Å². The lowest BCUT2D eigenvalue weighted by molar-refractivity contribution is -0.136. The van der Waals surface area contributed by atoms with E-state index in [1.807, 2.05) is 6.08 Å². The minimum Gasteiger partial charge on any atom is -0.481 e. The Kier molecular flexibility index (Phi) is 5.51. The molecule has 0 amide bonds. The number of aliphatic carboxylic acids is 1. The summed E-state index contributed by atoms with van der Waals surface area (Å²) in [6, 6.07) is 6.08. The van der Waals surface area contributed by atoms with Crippen molar-refractivity contribution in [2.75, 3.05) is 0 Å². The van der Waals surface area contributed by atoms with Gasteiger partial charge in [0.15, 0.2) is 0 Å². The Balaban J connectivity index is 1.71. The molecule has 3 rings (SSSR count). The first-order valence-corrected chi connectivity index (χ1v) is 10.4. The number of carbonyl (C=O) groups is 1. The van der Waals surface area contributed by atoms with Crippen molar-refractivity contribution in [3.05, 3.63) is 41.4 Å². The molecule has 4 atom stereocenters. The molecule has 2 aliphatic carbocycles. The van der Waals surface area contributed by atoms with Crippen LogP contribution in [-0.2, 0) is 14.8 Å². The van der Waals surface area contributed by atoms with Crippen molar-refractivity contribution in [3.63, 3.8) is 0 Å². The molecular weight excluding hydrogens is 362 g/mol. The van der Waals surface area contributed by atoms with E-state index in [-0.39, 0.29) is 23.3 Å². The fourth-order valence-electron chi connectivity index (χ4n) is 4.23. The standard InChI is InChI=1S/C18H22ClNO4S/c19-14-7-9-15(10-8-14)25(23,24)20-18-13-6-5-12(11-13)16(18)3-1-2-4-17(21)22/h1-2,7-10,12-13,16,18,20H,3-6,11H2,(H,21,22). The Labute approximate surface area is 153 Å². The van der Waals surface area contributed by atoms with E-state index in [4.69, 9.17) is 16.7 Å². The topological polar surface area (TPSA) is 83.5 Å². The first-order valence-electron chi connectivity index (χ1n) is 8.51. The monoisotopic (exact) mass is 383 g/mol. The Bertz CT molecular complexity index is 760. The molecule has 0 aliphatic heterocycles. The zero-order valence-electron chi connectivity index (χ0n) is 13.8. The minimum atomic E-state index is -3.59. The number of hydrogen-bond acceptors (Lipinski definition) is 3. The summed E-state index contributed by atoms with van der Waals surface area (Å²) >= 11 is 5.84. The van der Waals surface area contributed by atoms with Gasteiger partial charge in [-0.1, -0.05) is 23.8 Å². The Morgan fingerprint density at radius 1 is 1.20 bits per heavy atom. The van der Waals surface area contributed by atoms with E-state index >= 15 is 0 Å². The van der Waals surface area contributed by atoms with Crippen molar-refractivity contribution in [2.45, 2.75) is 43.0 Å². The Hall–Kier alpha value is -1.37. The van der Waals surface area contributed by atoms with Crippen LogP contribution < -0.4 is 4.72 Å². The third kappa shape index (κ3) is 4.25. The highest BCUT2D eigenvalue weighted by molar-refractivity contribution is 7.89. The summed E-state index contributed by atoms with van der Waals surface area (Å²) in [6.07, 6.45) is 7.47. The van der Waals surface area contributed by atoms with Gasteiger partial charge in [-0.05, 0) is 67.7 Å². The lowest BCUT2D eigenvalue weighted by Crippen LogP contribution is -2.43. The summed E-state index contributed by atoms with van der Waals surface area (Å²) in [4.78, 5) is 10.8. The van der Waals surface area contributed by atoms with Crippen molar-refractivity contribution in [1.29, 1.82) is 0 Å². The van der Waals surface area contributed by atoms with Gasteiger partial charge >= 0.3 is 5.97 Å². The summed E-state index contributed by atoms with van der Waals surface area (Å²) in [6.45, 7) is 0. The molecular formula is C18H22ClNO4S. The molecule has 136 valence electrons. The summed E-state index contributed by atoms with van der Waals surface area (Å²) < 4.78 is 28.3. The van der Waals surface area contributed by atoms with Crippen LogP contribution in [0.1, 0.15) is 32.1 Å². The third-order valence-electron chi connectivity index (χ3n) is 5.37. The van der Waals surface area contributed by atoms with Gasteiger partial charge in [0.05, 0.1) is 11.3 Å². The van der Waals surface area contributed by atoms with Gasteiger partial charge in [-0.3, -0.25) is 4.79 Å². The van der Waals surface area contributed by atoms with E-state index in [2.05, 4.69) is 4.72 Å². The summed E-state index contributed by atoms with van der Waals surface area (Å²) in [5, 5.41) is 9.21. The van der Waals surface area contributed by atoms with Gasteiger partial charge in [0.1, 0.15) is 0 Å². The minimum absolute atomic E-state index is 0.00197. The van der Waals surface area contributed by atoms with E-state index in [0.717, 1.165) is 19.3 Å². The molecule has 25 heavy (non-hydrogen) atoms. The molecule has 2 bridgehead atoms. The first-order chi connectivity index (χ1) is 11.9. The molecule has 5 nitrogen and oxygen atoms in total. The number of hydrogen-bond donors (Lipinski definition) is 2. The van der Waals surface area contributed by atoms with E-state index in [1.54, 1.807) is 18.2 Å². The maximum Gasteiger partial charge on any atom is 0.307 e. The number of carboxylic acid groups (broad SMARTS) is 1. The van der Waals surface area contributed by atoms with Crippen molar-refractivity contribution >= 4 is 27.6 Å². The third-order valence-corrected chi connectivity index (χ3v) is 7.10. The fraction of sp³-hybridized carbons (Fsp3) is 0.500. The SMILES string of the molecule is O=C(O)CC=CCC1C2CCC(C2)C1NS(=O)(=O)c1ccc(Cl)cc1. The average Bonchev–Trinajstić information content (AvgIpc) is 3.14. The fourth-order valence-corrected chi connectivity index (χ4v) is 5.71. The van der Waals surface area contributed by atoms with Crippen LogP contribution in [0.2, 0.25) is 5.02 Å². The largest absolute Gasteiger partial charge is 0.481 e. The number of halogens is 1. The van der Waals surface area contributed by atoms with Gasteiger partial charge in [-0.25, -0.2) is 13.1 Å². The normalized spacial score (nSPS) is 28.7. The molecule has 2 saturated carbocycles. The van der Waals surface area contributed by atoms with Crippen LogP contribution in [0.25, 0.3) is 0 Å². The van der Waals surface area contributed by atoms with Crippen LogP contribution in [0.5, 0.6) is 0 Å². The maximum atomic E-state index is 12.7. The highest BCUT2D eigenvalue weighted by Crippen LogP contribution is 2.50. The van der Waals surface area contributed by atoms with Gasteiger partial charge < -0.3 is 5.11 Å². The second kappa shape index (κ2) is 7.48. The molecule has 2 N–H and O–H groups in total. The molecule has 1 aromatic carbocycles. The highest BCUT2D eigenvalue weighted by Gasteiger charge is 2.48. The summed E-state index contributed by atoms with van der Waals surface area (Å²) in [5.41, 5.74) is 0. The number of nitrogens with one attached hydrogen (secondary N) is 1. The first kappa shape index (κ1) is 18.4. The number of rotatable bonds is 7. The number of allylic oxidation sites excluding steroid dienone is 1. The molecule has 0 spiro atoms. The van der Waals surface area contributed by atoms with Crippen LogP contribution in [0.4, 0.5) is 0 Å². The lowest BCUT2D eigenvalue weighted by atomic mass is 9.83. The van der Waals surface area contributed by atoms with Crippen LogP contribution in [0.3, 0.4) is 0 Å². The molecule has 0 saturated heterocycles. The molecule has 0 radical (unpaired) electrons. The molecule has 2 fully saturated rings. The van der Waals surface area contributed by atoms with E-state index in [1.165, 1.54) is 12.1 Å². The Morgan fingerprint density at radius 3 is 2.56 bits per heavy atom. The average molecular weight is 384 g/mol. The van der Waals surface area contributed by atoms with Gasteiger partial charge in [0, 0.05) is 11.1 Å². The number of sulfonamides is 1. The predicted octanol–water partition coefficient (Wildman–Crippen LogP) is 3.45. The molecule has 7 heteroatoms. The van der Waals surface area contributed by atoms with E-state index in [0.29, 0.717) is 23.3 Å². The van der Waals surface area contributed by atoms with Gasteiger partial charge in [0.2, 0.25) is 10.0 Å². The van der Waals surface area contributed by atoms with Gasteiger partial charge in [-0.2, -0.15) is 0 Å². The summed E-state index contributed by atoms with van der Waals surface area (Å²) in [7, 11) is -3.59. The quantitative estimate of drug-likeness (QED) is 0.706. The summed E-state index contributed by atoms with van der Waals surface area (Å²) in [5.74, 6) is 0.248. The smallest absolute Gasteiger partial charge is 0.307 e. The number of carboxylic acids is 1. The van der Waals surface area contributed by atoms with Crippen LogP contribution in [0.15, 0.2) is 41.3 Å². The molecule has 0 heterocycles. The van der Waals surface area contributed by atoms with Gasteiger partial charge in [0.25, 0.3) is 0 Å². The molecule has 0 aromatic heterocycles. The van der Waals surface area contributed by atoms with Gasteiger partial charge in [-0.15, -0.1) is 0 Å².